The number of unbranched alkanes of at least 4 members (excludes halogenated alkanes) is 26. The molecule has 0 aromatic rings. The minimum absolute atomic E-state index is 0.0535. The lowest BCUT2D eigenvalue weighted by molar-refractivity contribution is -0.870. The molecule has 3 N–H and O–H groups in total. The molecule has 0 aliphatic carbocycles. The maximum Gasteiger partial charge on any atom is 0.472 e. The summed E-state index contributed by atoms with van der Waals surface area (Å²) in [6, 6.07) is -0.868. The summed E-state index contributed by atoms with van der Waals surface area (Å²) in [5.74, 6) is -0.195. The first kappa shape index (κ1) is 58.5. The van der Waals surface area contributed by atoms with Crippen LogP contribution in [0.4, 0.5) is 0 Å². The Bertz CT molecular complexity index is 1120. The van der Waals surface area contributed by atoms with Gasteiger partial charge in [-0.05, 0) is 64.2 Å². The molecular weight excluding hydrogens is 768 g/mol. The molecule has 0 spiro atoms. The monoisotopic (exact) mass is 866 g/mol. The van der Waals surface area contributed by atoms with E-state index in [1.807, 2.05) is 27.2 Å². The Balaban J connectivity index is 4.40. The number of aliphatic hydroxyl groups excluding tert-OH is 1. The second-order valence-corrected chi connectivity index (χ2v) is 19.6. The number of nitrogens with zero attached hydrogens (tertiary/aromatic N) is 1. The van der Waals surface area contributed by atoms with Crippen LogP contribution in [0, 0.1) is 0 Å². The molecule has 0 aliphatic rings. The van der Waals surface area contributed by atoms with Gasteiger partial charge in [0.25, 0.3) is 0 Å². The topological polar surface area (TPSA) is 105 Å². The third kappa shape index (κ3) is 44.5. The van der Waals surface area contributed by atoms with E-state index in [0.717, 1.165) is 51.4 Å². The highest BCUT2D eigenvalue weighted by Gasteiger charge is 2.27. The molecule has 60 heavy (non-hydrogen) atoms. The highest BCUT2D eigenvalue weighted by Crippen LogP contribution is 2.43. The molecule has 352 valence electrons. The lowest BCUT2D eigenvalue weighted by atomic mass is 10.0. The van der Waals surface area contributed by atoms with E-state index in [4.69, 9.17) is 9.05 Å². The fraction of sp³-hybridized carbons (Fsp3) is 0.824. The average molecular weight is 866 g/mol. The molecule has 0 aliphatic heterocycles. The SMILES string of the molecule is CCCCCC/C=C\C/C=C\CCCCCCCCCC(=O)NC(COP(=O)(O)OCC[N+](C)(C)C)C(O)/C=C/CC/C=C/CCCCCCCCCCCCCCCC. The lowest BCUT2D eigenvalue weighted by Crippen LogP contribution is -2.45. The van der Waals surface area contributed by atoms with Crippen molar-refractivity contribution in [3.05, 3.63) is 48.6 Å². The second-order valence-electron chi connectivity index (χ2n) is 18.2. The van der Waals surface area contributed by atoms with Crippen LogP contribution in [0.15, 0.2) is 48.6 Å². The van der Waals surface area contributed by atoms with Gasteiger partial charge in [-0.3, -0.25) is 13.8 Å². The van der Waals surface area contributed by atoms with Crippen molar-refractivity contribution >= 4 is 13.7 Å². The largest absolute Gasteiger partial charge is 0.472 e. The summed E-state index contributed by atoms with van der Waals surface area (Å²) in [6.07, 6.45) is 54.7. The molecular formula is C51H98N2O6P+. The summed E-state index contributed by atoms with van der Waals surface area (Å²) >= 11 is 0. The number of nitrogens with one attached hydrogen (secondary N) is 1. The first-order chi connectivity index (χ1) is 29.0. The minimum atomic E-state index is -4.35. The van der Waals surface area contributed by atoms with Crippen LogP contribution in [0.25, 0.3) is 0 Å². The fourth-order valence-corrected chi connectivity index (χ4v) is 7.76. The summed E-state index contributed by atoms with van der Waals surface area (Å²) in [5, 5.41) is 13.9. The molecule has 0 saturated heterocycles. The number of carbonyl (C=O) groups excluding carboxylic acids is 1. The number of phosphoric acid groups is 1. The molecule has 3 unspecified atom stereocenters. The number of allylic oxidation sites excluding steroid dienone is 7. The molecule has 0 radical (unpaired) electrons. The van der Waals surface area contributed by atoms with Crippen LogP contribution in [-0.4, -0.2) is 73.4 Å². The summed E-state index contributed by atoms with van der Waals surface area (Å²) < 4.78 is 23.6. The van der Waals surface area contributed by atoms with Gasteiger partial charge >= 0.3 is 7.82 Å². The lowest BCUT2D eigenvalue weighted by Gasteiger charge is -2.25. The maximum atomic E-state index is 12.9. The Hall–Kier alpha value is -1.54. The normalized spacial score (nSPS) is 14.6. The predicted octanol–water partition coefficient (Wildman–Crippen LogP) is 14.4. The zero-order valence-corrected chi connectivity index (χ0v) is 40.8. The van der Waals surface area contributed by atoms with Crippen LogP contribution in [0.2, 0.25) is 0 Å². The third-order valence-electron chi connectivity index (χ3n) is 11.0. The summed E-state index contributed by atoms with van der Waals surface area (Å²) in [4.78, 5) is 23.2. The Morgan fingerprint density at radius 3 is 1.45 bits per heavy atom. The maximum absolute atomic E-state index is 12.9. The first-order valence-electron chi connectivity index (χ1n) is 25.0. The minimum Gasteiger partial charge on any atom is -0.387 e. The Morgan fingerprint density at radius 1 is 0.567 bits per heavy atom. The third-order valence-corrected chi connectivity index (χ3v) is 12.0. The van der Waals surface area contributed by atoms with Crippen LogP contribution in [-0.2, 0) is 18.4 Å². The Labute approximate surface area is 371 Å². The van der Waals surface area contributed by atoms with E-state index in [2.05, 4.69) is 55.6 Å². The highest BCUT2D eigenvalue weighted by molar-refractivity contribution is 7.47. The number of rotatable bonds is 45. The van der Waals surface area contributed by atoms with Gasteiger partial charge in [0.15, 0.2) is 0 Å². The summed E-state index contributed by atoms with van der Waals surface area (Å²) in [5.41, 5.74) is 0. The fourth-order valence-electron chi connectivity index (χ4n) is 7.03. The van der Waals surface area contributed by atoms with Gasteiger partial charge < -0.3 is 19.8 Å². The molecule has 1 amide bonds. The van der Waals surface area contributed by atoms with Crippen molar-refractivity contribution in [2.24, 2.45) is 0 Å². The number of quaternary nitrogens is 1. The smallest absolute Gasteiger partial charge is 0.387 e. The predicted molar refractivity (Wildman–Crippen MR) is 258 cm³/mol. The van der Waals surface area contributed by atoms with Crippen molar-refractivity contribution in [2.45, 2.75) is 231 Å². The van der Waals surface area contributed by atoms with Crippen molar-refractivity contribution in [3.8, 4) is 0 Å². The average Bonchev–Trinajstić information content (AvgIpc) is 3.20. The van der Waals surface area contributed by atoms with E-state index in [9.17, 15) is 19.4 Å². The first-order valence-corrected chi connectivity index (χ1v) is 26.5. The number of amides is 1. The molecule has 0 aromatic carbocycles. The number of phosphoric ester groups is 1. The van der Waals surface area contributed by atoms with E-state index in [1.165, 1.54) is 148 Å². The second kappa shape index (κ2) is 42.7. The van der Waals surface area contributed by atoms with Crippen LogP contribution < -0.4 is 5.32 Å². The number of hydrogen-bond acceptors (Lipinski definition) is 5. The van der Waals surface area contributed by atoms with Gasteiger partial charge in [-0.25, -0.2) is 4.57 Å². The van der Waals surface area contributed by atoms with E-state index in [1.54, 1.807) is 6.08 Å². The van der Waals surface area contributed by atoms with Gasteiger partial charge in [-0.15, -0.1) is 0 Å². The van der Waals surface area contributed by atoms with Gasteiger partial charge in [-0.2, -0.15) is 0 Å². The number of carbonyl (C=O) groups is 1. The number of hydrogen-bond donors (Lipinski definition) is 3. The zero-order chi connectivity index (χ0) is 44.3. The Morgan fingerprint density at radius 2 is 0.967 bits per heavy atom. The molecule has 0 fully saturated rings. The molecule has 0 saturated carbocycles. The van der Waals surface area contributed by atoms with Crippen LogP contribution in [0.5, 0.6) is 0 Å². The quantitative estimate of drug-likeness (QED) is 0.0244. The molecule has 0 aromatic heterocycles. The summed E-state index contributed by atoms with van der Waals surface area (Å²) in [7, 11) is 1.55. The van der Waals surface area contributed by atoms with Crippen molar-refractivity contribution < 1.29 is 32.9 Å². The van der Waals surface area contributed by atoms with E-state index in [-0.39, 0.29) is 19.1 Å². The summed E-state index contributed by atoms with van der Waals surface area (Å²) in [6.45, 7) is 4.78. The number of likely N-dealkylation sites (N-methyl/N-ethyl adjacent to an activating group) is 1. The van der Waals surface area contributed by atoms with Crippen molar-refractivity contribution in [3.63, 3.8) is 0 Å². The van der Waals surface area contributed by atoms with E-state index >= 15 is 0 Å². The molecule has 3 atom stereocenters. The number of aliphatic hydroxyl groups is 1. The highest BCUT2D eigenvalue weighted by atomic mass is 31.2. The van der Waals surface area contributed by atoms with Gasteiger partial charge in [0.1, 0.15) is 13.2 Å². The Kier molecular flexibility index (Phi) is 41.6. The van der Waals surface area contributed by atoms with Gasteiger partial charge in [0, 0.05) is 6.42 Å². The van der Waals surface area contributed by atoms with Gasteiger partial charge in [0.05, 0.1) is 39.9 Å². The van der Waals surface area contributed by atoms with E-state index in [0.29, 0.717) is 17.4 Å². The van der Waals surface area contributed by atoms with Gasteiger partial charge in [0.2, 0.25) is 5.91 Å². The zero-order valence-electron chi connectivity index (χ0n) is 39.9. The van der Waals surface area contributed by atoms with Crippen molar-refractivity contribution in [1.29, 1.82) is 0 Å². The van der Waals surface area contributed by atoms with Crippen LogP contribution in [0.3, 0.4) is 0 Å². The molecule has 0 rings (SSSR count). The van der Waals surface area contributed by atoms with E-state index < -0.39 is 20.0 Å². The standard InChI is InChI=1S/C51H97N2O6P/c1-6-8-10-12-14-16-18-20-22-24-26-27-28-30-32-34-36-38-40-42-44-50(54)49(48-59-60(56,57)58-47-46-53(3,4)5)52-51(55)45-43-41-39-37-35-33-31-29-25-23-21-19-17-15-13-11-9-7-2/h17,19,23,25,34,36,42,44,49-50,54H,6-16,18,20-22,24,26-33,35,37-41,43,45-48H2,1-5H3,(H-,52,55,56,57)/p+1/b19-17-,25-23-,36-34+,44-42+. The molecule has 9 heteroatoms. The van der Waals surface area contributed by atoms with Crippen molar-refractivity contribution in [1.82, 2.24) is 5.32 Å². The van der Waals surface area contributed by atoms with Crippen LogP contribution >= 0.6 is 7.82 Å². The van der Waals surface area contributed by atoms with Crippen molar-refractivity contribution in [2.75, 3.05) is 40.9 Å². The van der Waals surface area contributed by atoms with Gasteiger partial charge in [-0.1, -0.05) is 197 Å². The molecule has 0 bridgehead atoms. The molecule has 8 nitrogen and oxygen atoms in total. The molecule has 0 heterocycles. The van der Waals surface area contributed by atoms with Crippen LogP contribution in [0.1, 0.15) is 219 Å².